The zero-order valence-corrected chi connectivity index (χ0v) is 15.5. The number of carboxylic acid groups (broad SMARTS) is 2. The first kappa shape index (κ1) is 21.8. The van der Waals surface area contributed by atoms with E-state index in [1.807, 2.05) is 31.2 Å². The lowest BCUT2D eigenvalue weighted by molar-refractivity contribution is -0.138. The molecule has 0 aliphatic rings. The monoisotopic (exact) mass is 366 g/mol. The van der Waals surface area contributed by atoms with Crippen LogP contribution in [0.5, 0.6) is 11.5 Å². The molecule has 0 heterocycles. The van der Waals surface area contributed by atoms with Crippen molar-refractivity contribution in [2.75, 3.05) is 13.2 Å². The summed E-state index contributed by atoms with van der Waals surface area (Å²) in [5.41, 5.74) is 0. The van der Waals surface area contributed by atoms with Crippen molar-refractivity contribution in [3.05, 3.63) is 24.3 Å². The largest absolute Gasteiger partial charge is 0.490 e. The van der Waals surface area contributed by atoms with Gasteiger partial charge in [0.15, 0.2) is 11.5 Å². The number of hydrogen-bond acceptors (Lipinski definition) is 4. The molecule has 0 aromatic heterocycles. The summed E-state index contributed by atoms with van der Waals surface area (Å²) in [4.78, 5) is 21.1. The molecule has 0 bridgehead atoms. The molecule has 0 spiro atoms. The first-order valence-corrected chi connectivity index (χ1v) is 9.27. The van der Waals surface area contributed by atoms with Crippen molar-refractivity contribution in [3.8, 4) is 11.5 Å². The van der Waals surface area contributed by atoms with E-state index in [1.54, 1.807) is 0 Å². The highest BCUT2D eigenvalue weighted by molar-refractivity contribution is 5.67. The van der Waals surface area contributed by atoms with E-state index < -0.39 is 11.9 Å². The van der Waals surface area contributed by atoms with Crippen LogP contribution in [-0.4, -0.2) is 35.4 Å². The third kappa shape index (κ3) is 10.6. The number of hydrogen-bond donors (Lipinski definition) is 2. The van der Waals surface area contributed by atoms with Gasteiger partial charge in [-0.2, -0.15) is 0 Å². The van der Waals surface area contributed by atoms with Crippen LogP contribution in [-0.2, 0) is 9.59 Å². The SMILES string of the molecule is CC(CCCOc1ccccc1OCCCCCCC(=O)O)CC(=O)O. The van der Waals surface area contributed by atoms with Gasteiger partial charge in [0.05, 0.1) is 13.2 Å². The van der Waals surface area contributed by atoms with E-state index in [1.165, 1.54) is 0 Å². The van der Waals surface area contributed by atoms with Crippen LogP contribution < -0.4 is 9.47 Å². The molecule has 6 heteroatoms. The third-order valence-electron chi connectivity index (χ3n) is 4.01. The fourth-order valence-electron chi connectivity index (χ4n) is 2.62. The highest BCUT2D eigenvalue weighted by Crippen LogP contribution is 2.27. The second-order valence-electron chi connectivity index (χ2n) is 6.55. The summed E-state index contributed by atoms with van der Waals surface area (Å²) >= 11 is 0. The Labute approximate surface area is 155 Å². The molecule has 1 aromatic rings. The van der Waals surface area contributed by atoms with Gasteiger partial charge < -0.3 is 19.7 Å². The van der Waals surface area contributed by atoms with Crippen LogP contribution in [0.25, 0.3) is 0 Å². The summed E-state index contributed by atoms with van der Waals surface area (Å²) in [6.45, 7) is 3.03. The molecule has 0 saturated heterocycles. The molecule has 0 radical (unpaired) electrons. The van der Waals surface area contributed by atoms with Gasteiger partial charge in [-0.1, -0.05) is 31.9 Å². The van der Waals surface area contributed by atoms with Gasteiger partial charge in [-0.05, 0) is 43.7 Å². The van der Waals surface area contributed by atoms with Crippen molar-refractivity contribution in [2.24, 2.45) is 5.92 Å². The minimum Gasteiger partial charge on any atom is -0.490 e. The molecule has 1 rings (SSSR count). The topological polar surface area (TPSA) is 93.1 Å². The smallest absolute Gasteiger partial charge is 0.303 e. The van der Waals surface area contributed by atoms with Crippen molar-refractivity contribution >= 4 is 11.9 Å². The standard InChI is InChI=1S/C20H30O6/c1-16(15-20(23)24)9-8-14-26-18-11-6-5-10-17(18)25-13-7-3-2-4-12-19(21)22/h5-6,10-11,16H,2-4,7-9,12-15H2,1H3,(H,21,22)(H,23,24). The normalized spacial score (nSPS) is 11.7. The molecule has 1 aromatic carbocycles. The molecule has 26 heavy (non-hydrogen) atoms. The second kappa shape index (κ2) is 13.0. The zero-order valence-electron chi connectivity index (χ0n) is 15.5. The van der Waals surface area contributed by atoms with Crippen LogP contribution in [0.3, 0.4) is 0 Å². The Hall–Kier alpha value is -2.24. The summed E-state index contributed by atoms with van der Waals surface area (Å²) in [7, 11) is 0. The highest BCUT2D eigenvalue weighted by atomic mass is 16.5. The Bertz CT molecular complexity index is 543. The van der Waals surface area contributed by atoms with Gasteiger partial charge in [-0.15, -0.1) is 0 Å². The van der Waals surface area contributed by atoms with Crippen LogP contribution in [0.15, 0.2) is 24.3 Å². The van der Waals surface area contributed by atoms with E-state index in [-0.39, 0.29) is 18.8 Å². The summed E-state index contributed by atoms with van der Waals surface area (Å²) < 4.78 is 11.6. The minimum atomic E-state index is -0.764. The number of benzene rings is 1. The maximum absolute atomic E-state index is 10.6. The molecule has 2 N–H and O–H groups in total. The van der Waals surface area contributed by atoms with Crippen LogP contribution >= 0.6 is 0 Å². The molecule has 0 amide bonds. The van der Waals surface area contributed by atoms with Gasteiger partial charge in [0, 0.05) is 12.8 Å². The summed E-state index contributed by atoms with van der Waals surface area (Å²) in [6.07, 6.45) is 5.43. The number of carboxylic acids is 2. The Morgan fingerprint density at radius 2 is 1.46 bits per heavy atom. The van der Waals surface area contributed by atoms with Gasteiger partial charge >= 0.3 is 11.9 Å². The summed E-state index contributed by atoms with van der Waals surface area (Å²) in [6, 6.07) is 7.51. The average molecular weight is 366 g/mol. The number of unbranched alkanes of at least 4 members (excludes halogenated alkanes) is 3. The molecule has 0 aliphatic heterocycles. The number of carbonyl (C=O) groups is 2. The number of aliphatic carboxylic acids is 2. The van der Waals surface area contributed by atoms with Gasteiger partial charge in [-0.25, -0.2) is 0 Å². The van der Waals surface area contributed by atoms with E-state index in [4.69, 9.17) is 19.7 Å². The Kier molecular flexibility index (Phi) is 10.9. The predicted molar refractivity (Wildman–Crippen MR) is 98.8 cm³/mol. The first-order chi connectivity index (χ1) is 12.5. The van der Waals surface area contributed by atoms with Crippen LogP contribution in [0.2, 0.25) is 0 Å². The maximum Gasteiger partial charge on any atom is 0.303 e. The third-order valence-corrected chi connectivity index (χ3v) is 4.01. The lowest BCUT2D eigenvalue weighted by atomic mass is 10.0. The van der Waals surface area contributed by atoms with Crippen LogP contribution in [0.1, 0.15) is 58.3 Å². The van der Waals surface area contributed by atoms with Crippen LogP contribution in [0.4, 0.5) is 0 Å². The van der Waals surface area contributed by atoms with Gasteiger partial charge in [-0.3, -0.25) is 9.59 Å². The van der Waals surface area contributed by atoms with E-state index in [0.717, 1.165) is 32.1 Å². The second-order valence-corrected chi connectivity index (χ2v) is 6.55. The molecule has 6 nitrogen and oxygen atoms in total. The lowest BCUT2D eigenvalue weighted by Crippen LogP contribution is -2.07. The molecule has 1 atom stereocenters. The van der Waals surface area contributed by atoms with E-state index in [9.17, 15) is 9.59 Å². The molecule has 0 aliphatic carbocycles. The zero-order chi connectivity index (χ0) is 19.2. The van der Waals surface area contributed by atoms with Gasteiger partial charge in [0.1, 0.15) is 0 Å². The number of ether oxygens (including phenoxy) is 2. The fourth-order valence-corrected chi connectivity index (χ4v) is 2.62. The molecule has 1 unspecified atom stereocenters. The molecule has 146 valence electrons. The maximum atomic E-state index is 10.6. The van der Waals surface area contributed by atoms with Crippen molar-refractivity contribution in [1.29, 1.82) is 0 Å². The average Bonchev–Trinajstić information content (AvgIpc) is 2.58. The van der Waals surface area contributed by atoms with E-state index >= 15 is 0 Å². The minimum absolute atomic E-state index is 0.142. The molecular formula is C20H30O6. The molecule has 0 saturated carbocycles. The van der Waals surface area contributed by atoms with Crippen LogP contribution in [0, 0.1) is 5.92 Å². The van der Waals surface area contributed by atoms with Crippen molar-refractivity contribution in [2.45, 2.75) is 58.3 Å². The van der Waals surface area contributed by atoms with Gasteiger partial charge in [0.2, 0.25) is 0 Å². The van der Waals surface area contributed by atoms with Crippen molar-refractivity contribution in [3.63, 3.8) is 0 Å². The lowest BCUT2D eigenvalue weighted by Gasteiger charge is -2.13. The Balaban J connectivity index is 2.23. The first-order valence-electron chi connectivity index (χ1n) is 9.27. The quantitative estimate of drug-likeness (QED) is 0.448. The van der Waals surface area contributed by atoms with Crippen molar-refractivity contribution in [1.82, 2.24) is 0 Å². The molecule has 0 fully saturated rings. The Morgan fingerprint density at radius 1 is 0.885 bits per heavy atom. The highest BCUT2D eigenvalue weighted by Gasteiger charge is 2.08. The summed E-state index contributed by atoms with van der Waals surface area (Å²) in [5.74, 6) is 0.0365. The predicted octanol–water partition coefficient (Wildman–Crippen LogP) is 4.37. The number of rotatable bonds is 15. The number of para-hydroxylation sites is 2. The van der Waals surface area contributed by atoms with Gasteiger partial charge in [0.25, 0.3) is 0 Å². The van der Waals surface area contributed by atoms with E-state index in [2.05, 4.69) is 0 Å². The molecular weight excluding hydrogens is 336 g/mol. The fraction of sp³-hybridized carbons (Fsp3) is 0.600. The van der Waals surface area contributed by atoms with Crippen molar-refractivity contribution < 1.29 is 29.3 Å². The Morgan fingerprint density at radius 3 is 2.04 bits per heavy atom. The van der Waals surface area contributed by atoms with E-state index in [0.29, 0.717) is 31.1 Å². The summed E-state index contributed by atoms with van der Waals surface area (Å²) in [5, 5.41) is 17.3.